The summed E-state index contributed by atoms with van der Waals surface area (Å²) >= 11 is 1.60. The van der Waals surface area contributed by atoms with Crippen LogP contribution in [0.2, 0.25) is 0 Å². The van der Waals surface area contributed by atoms with E-state index in [1.165, 1.54) is 11.4 Å². The van der Waals surface area contributed by atoms with E-state index >= 15 is 0 Å². The second-order valence-electron chi connectivity index (χ2n) is 3.31. The van der Waals surface area contributed by atoms with Crippen molar-refractivity contribution in [1.82, 2.24) is 4.31 Å². The predicted octanol–water partition coefficient (Wildman–Crippen LogP) is 0.564. The van der Waals surface area contributed by atoms with Gasteiger partial charge in [-0.15, -0.1) is 0 Å². The molecule has 96 valence electrons. The van der Waals surface area contributed by atoms with E-state index in [4.69, 9.17) is 0 Å². The van der Waals surface area contributed by atoms with Gasteiger partial charge in [-0.25, -0.2) is 12.7 Å². The molecular weight excluding hydrogens is 250 g/mol. The van der Waals surface area contributed by atoms with Gasteiger partial charge in [0.25, 0.3) is 0 Å². The van der Waals surface area contributed by atoms with Crippen LogP contribution in [0.25, 0.3) is 0 Å². The van der Waals surface area contributed by atoms with Crippen LogP contribution in [0.1, 0.15) is 12.8 Å². The lowest BCUT2D eigenvalue weighted by molar-refractivity contribution is -0.140. The first kappa shape index (κ1) is 15.7. The van der Waals surface area contributed by atoms with E-state index in [1.807, 2.05) is 6.26 Å². The number of thioether (sulfide) groups is 1. The van der Waals surface area contributed by atoms with Gasteiger partial charge in [-0.05, 0) is 12.7 Å². The number of rotatable bonds is 8. The molecule has 0 heterocycles. The standard InChI is InChI=1S/C9H19NO4S2/c1-10(6-7-15-3)16(12,13)8-4-5-9(11)14-2/h4-8H2,1-3H3. The quantitative estimate of drug-likeness (QED) is 0.603. The van der Waals surface area contributed by atoms with Crippen LogP contribution in [0, 0.1) is 0 Å². The first-order valence-corrected chi connectivity index (χ1v) is 7.94. The fraction of sp³-hybridized carbons (Fsp3) is 0.889. The van der Waals surface area contributed by atoms with Crippen molar-refractivity contribution in [1.29, 1.82) is 0 Å². The molecule has 0 atom stereocenters. The molecule has 7 heteroatoms. The van der Waals surface area contributed by atoms with Gasteiger partial charge in [0.2, 0.25) is 10.0 Å². The Morgan fingerprint density at radius 2 is 2.06 bits per heavy atom. The highest BCUT2D eigenvalue weighted by Crippen LogP contribution is 2.04. The average Bonchev–Trinajstić information content (AvgIpc) is 2.25. The molecule has 0 bridgehead atoms. The molecule has 0 aromatic heterocycles. The Bertz CT molecular complexity index is 303. The van der Waals surface area contributed by atoms with E-state index < -0.39 is 10.0 Å². The SMILES string of the molecule is COC(=O)CCCS(=O)(=O)N(C)CCSC. The lowest BCUT2D eigenvalue weighted by atomic mass is 10.3. The van der Waals surface area contributed by atoms with Crippen LogP contribution in [0.15, 0.2) is 0 Å². The minimum absolute atomic E-state index is 0.00696. The zero-order chi connectivity index (χ0) is 12.6. The maximum Gasteiger partial charge on any atom is 0.305 e. The van der Waals surface area contributed by atoms with Crippen LogP contribution in [-0.4, -0.2) is 57.2 Å². The molecule has 0 saturated carbocycles. The molecule has 0 N–H and O–H groups in total. The highest BCUT2D eigenvalue weighted by molar-refractivity contribution is 7.98. The van der Waals surface area contributed by atoms with E-state index in [2.05, 4.69) is 4.74 Å². The van der Waals surface area contributed by atoms with Crippen molar-refractivity contribution in [3.8, 4) is 0 Å². The lowest BCUT2D eigenvalue weighted by Crippen LogP contribution is -2.31. The van der Waals surface area contributed by atoms with Crippen LogP contribution in [0.4, 0.5) is 0 Å². The number of carbonyl (C=O) groups is 1. The van der Waals surface area contributed by atoms with Crippen LogP contribution >= 0.6 is 11.8 Å². The van der Waals surface area contributed by atoms with E-state index in [9.17, 15) is 13.2 Å². The van der Waals surface area contributed by atoms with Gasteiger partial charge in [-0.3, -0.25) is 4.79 Å². The Kier molecular flexibility index (Phi) is 7.78. The zero-order valence-electron chi connectivity index (χ0n) is 9.93. The molecule has 0 amide bonds. The molecule has 5 nitrogen and oxygen atoms in total. The number of ether oxygens (including phenoxy) is 1. The molecule has 0 aliphatic rings. The number of hydrogen-bond acceptors (Lipinski definition) is 5. The number of sulfonamides is 1. The number of hydrogen-bond donors (Lipinski definition) is 0. The largest absolute Gasteiger partial charge is 0.469 e. The number of esters is 1. The fourth-order valence-corrected chi connectivity index (χ4v) is 2.78. The third kappa shape index (κ3) is 6.34. The highest BCUT2D eigenvalue weighted by Gasteiger charge is 2.17. The summed E-state index contributed by atoms with van der Waals surface area (Å²) in [5, 5.41) is 0. The van der Waals surface area contributed by atoms with Crippen molar-refractivity contribution in [3.05, 3.63) is 0 Å². The normalized spacial score (nSPS) is 11.8. The van der Waals surface area contributed by atoms with Gasteiger partial charge in [0.05, 0.1) is 12.9 Å². The summed E-state index contributed by atoms with van der Waals surface area (Å²) < 4.78 is 29.1. The minimum atomic E-state index is -3.22. The molecule has 0 rings (SSSR count). The fourth-order valence-electron chi connectivity index (χ4n) is 1.02. The van der Waals surface area contributed by atoms with Gasteiger partial charge >= 0.3 is 5.97 Å². The predicted molar refractivity (Wildman–Crippen MR) is 66.0 cm³/mol. The third-order valence-electron chi connectivity index (χ3n) is 2.10. The maximum atomic E-state index is 11.7. The third-order valence-corrected chi connectivity index (χ3v) is 4.62. The van der Waals surface area contributed by atoms with Crippen molar-refractivity contribution in [2.24, 2.45) is 0 Å². The van der Waals surface area contributed by atoms with Gasteiger partial charge in [-0.1, -0.05) is 0 Å². The summed E-state index contributed by atoms with van der Waals surface area (Å²) in [6.07, 6.45) is 2.38. The van der Waals surface area contributed by atoms with Crippen LogP contribution in [-0.2, 0) is 19.6 Å². The van der Waals surface area contributed by atoms with E-state index in [1.54, 1.807) is 18.8 Å². The first-order valence-electron chi connectivity index (χ1n) is 4.93. The summed E-state index contributed by atoms with van der Waals surface area (Å²) in [4.78, 5) is 10.8. The van der Waals surface area contributed by atoms with Crippen molar-refractivity contribution >= 4 is 27.8 Å². The van der Waals surface area contributed by atoms with E-state index in [0.717, 1.165) is 5.75 Å². The van der Waals surface area contributed by atoms with Gasteiger partial charge < -0.3 is 4.74 Å². The van der Waals surface area contributed by atoms with Crippen molar-refractivity contribution < 1.29 is 17.9 Å². The molecule has 0 spiro atoms. The minimum Gasteiger partial charge on any atom is -0.469 e. The van der Waals surface area contributed by atoms with Gasteiger partial charge in [0.15, 0.2) is 0 Å². The van der Waals surface area contributed by atoms with Gasteiger partial charge in [0, 0.05) is 25.8 Å². The molecule has 0 aromatic carbocycles. The Balaban J connectivity index is 3.99. The van der Waals surface area contributed by atoms with Crippen LogP contribution < -0.4 is 0 Å². The lowest BCUT2D eigenvalue weighted by Gasteiger charge is -2.16. The number of nitrogens with zero attached hydrogens (tertiary/aromatic N) is 1. The smallest absolute Gasteiger partial charge is 0.305 e. The monoisotopic (exact) mass is 269 g/mol. The van der Waals surface area contributed by atoms with Crippen molar-refractivity contribution in [2.45, 2.75) is 12.8 Å². The maximum absolute atomic E-state index is 11.7. The Labute approximate surface area is 102 Å². The summed E-state index contributed by atoms with van der Waals surface area (Å²) in [7, 11) is -0.372. The highest BCUT2D eigenvalue weighted by atomic mass is 32.2. The van der Waals surface area contributed by atoms with Gasteiger partial charge in [0.1, 0.15) is 0 Å². The molecule has 0 saturated heterocycles. The molecule has 0 aliphatic carbocycles. The number of carbonyl (C=O) groups excluding carboxylic acids is 1. The zero-order valence-corrected chi connectivity index (χ0v) is 11.6. The summed E-state index contributed by atoms with van der Waals surface area (Å²) in [6, 6.07) is 0. The molecule has 16 heavy (non-hydrogen) atoms. The Hall–Kier alpha value is -0.270. The van der Waals surface area contributed by atoms with E-state index in [0.29, 0.717) is 13.0 Å². The topological polar surface area (TPSA) is 63.7 Å². The van der Waals surface area contributed by atoms with Crippen LogP contribution in [0.3, 0.4) is 0 Å². The van der Waals surface area contributed by atoms with Crippen LogP contribution in [0.5, 0.6) is 0 Å². The second-order valence-corrected chi connectivity index (χ2v) is 6.49. The Morgan fingerprint density at radius 3 is 2.56 bits per heavy atom. The first-order chi connectivity index (χ1) is 7.44. The van der Waals surface area contributed by atoms with Crippen molar-refractivity contribution in [3.63, 3.8) is 0 Å². The van der Waals surface area contributed by atoms with Crippen molar-refractivity contribution in [2.75, 3.05) is 38.5 Å². The van der Waals surface area contributed by atoms with E-state index in [-0.39, 0.29) is 18.1 Å². The molecule has 0 aromatic rings. The second kappa shape index (κ2) is 7.92. The Morgan fingerprint density at radius 1 is 1.44 bits per heavy atom. The summed E-state index contributed by atoms with van der Waals surface area (Å²) in [5.41, 5.74) is 0. The molecule has 0 unspecified atom stereocenters. The number of methoxy groups -OCH3 is 1. The molecule has 0 fully saturated rings. The average molecular weight is 269 g/mol. The summed E-state index contributed by atoms with van der Waals surface area (Å²) in [5.74, 6) is 0.390. The van der Waals surface area contributed by atoms with Gasteiger partial charge in [-0.2, -0.15) is 11.8 Å². The molecular formula is C9H19NO4S2. The molecule has 0 aliphatic heterocycles. The molecule has 0 radical (unpaired) electrons. The summed E-state index contributed by atoms with van der Waals surface area (Å²) in [6.45, 7) is 0.502.